The number of allylic oxidation sites excluding steroid dienone is 3. The number of ether oxygens (including phenoxy) is 1. The van der Waals surface area contributed by atoms with E-state index in [0.29, 0.717) is 0 Å². The molecule has 1 N–H and O–H groups in total. The van der Waals surface area contributed by atoms with E-state index >= 15 is 0 Å². The van der Waals surface area contributed by atoms with Gasteiger partial charge in [0, 0.05) is 18.9 Å². The van der Waals surface area contributed by atoms with E-state index in [9.17, 15) is 0 Å². The van der Waals surface area contributed by atoms with E-state index in [2.05, 4.69) is 22.6 Å². The first-order valence-corrected chi connectivity index (χ1v) is 4.89. The van der Waals surface area contributed by atoms with Crippen molar-refractivity contribution in [3.63, 3.8) is 0 Å². The van der Waals surface area contributed by atoms with Crippen molar-refractivity contribution < 1.29 is 4.74 Å². The van der Waals surface area contributed by atoms with Gasteiger partial charge in [-0.2, -0.15) is 0 Å². The van der Waals surface area contributed by atoms with Gasteiger partial charge in [-0.15, -0.1) is 0 Å². The highest BCUT2D eigenvalue weighted by Crippen LogP contribution is 2.19. The van der Waals surface area contributed by atoms with Crippen molar-refractivity contribution in [3.05, 3.63) is 36.3 Å². The van der Waals surface area contributed by atoms with Crippen LogP contribution in [0.25, 0.3) is 0 Å². The molecular weight excluding hydrogens is 178 g/mol. The van der Waals surface area contributed by atoms with Crippen LogP contribution in [0.15, 0.2) is 36.3 Å². The van der Waals surface area contributed by atoms with Crippen molar-refractivity contribution in [2.45, 2.75) is 6.17 Å². The summed E-state index contributed by atoms with van der Waals surface area (Å²) in [5, 5.41) is 2.04. The molecule has 0 saturated carbocycles. The van der Waals surface area contributed by atoms with Gasteiger partial charge in [0.25, 0.3) is 0 Å². The molecule has 1 atom stereocenters. The molecule has 1 saturated heterocycles. The topological polar surface area (TPSA) is 27.7 Å². The standard InChI is InChI=1S/C10H13N3O/c1-2-4-13-9(3-1)7-12-5-6-14-8-10(12)11-13/h1-4,7,10-11H,5-6,8H2. The first kappa shape index (κ1) is 8.08. The molecule has 3 aliphatic rings. The normalized spacial score (nSPS) is 29.7. The molecule has 0 aromatic heterocycles. The predicted octanol–water partition coefficient (Wildman–Crippen LogP) is 0.390. The molecule has 0 bridgehead atoms. The second-order valence-electron chi connectivity index (χ2n) is 3.58. The maximum absolute atomic E-state index is 5.42. The minimum Gasteiger partial charge on any atom is -0.376 e. The Kier molecular flexibility index (Phi) is 1.82. The molecule has 0 spiro atoms. The maximum Gasteiger partial charge on any atom is 0.120 e. The molecule has 0 aromatic rings. The molecule has 4 nitrogen and oxygen atoms in total. The van der Waals surface area contributed by atoms with E-state index in [1.54, 1.807) is 0 Å². The lowest BCUT2D eigenvalue weighted by Crippen LogP contribution is -2.58. The zero-order valence-corrected chi connectivity index (χ0v) is 7.89. The summed E-state index contributed by atoms with van der Waals surface area (Å²) in [5.41, 5.74) is 4.57. The molecule has 0 aromatic carbocycles. The van der Waals surface area contributed by atoms with Gasteiger partial charge >= 0.3 is 0 Å². The van der Waals surface area contributed by atoms with Crippen molar-refractivity contribution in [3.8, 4) is 0 Å². The van der Waals surface area contributed by atoms with E-state index in [-0.39, 0.29) is 6.17 Å². The monoisotopic (exact) mass is 191 g/mol. The molecule has 0 amide bonds. The summed E-state index contributed by atoms with van der Waals surface area (Å²) in [6.07, 6.45) is 10.7. The zero-order valence-electron chi connectivity index (χ0n) is 7.89. The van der Waals surface area contributed by atoms with Gasteiger partial charge in [0.2, 0.25) is 0 Å². The van der Waals surface area contributed by atoms with Crippen LogP contribution in [-0.2, 0) is 4.74 Å². The molecule has 3 aliphatic heterocycles. The Morgan fingerprint density at radius 1 is 1.43 bits per heavy atom. The molecule has 1 fully saturated rings. The number of fused-ring (bicyclic) bond motifs is 2. The minimum atomic E-state index is 0.281. The highest BCUT2D eigenvalue weighted by Gasteiger charge is 2.27. The van der Waals surface area contributed by atoms with Gasteiger partial charge in [-0.1, -0.05) is 6.08 Å². The van der Waals surface area contributed by atoms with Gasteiger partial charge < -0.3 is 9.64 Å². The molecule has 4 heteroatoms. The molecule has 0 radical (unpaired) electrons. The number of hydrogen-bond acceptors (Lipinski definition) is 4. The lowest BCUT2D eigenvalue weighted by molar-refractivity contribution is -0.0275. The van der Waals surface area contributed by atoms with Crippen molar-refractivity contribution in [1.82, 2.24) is 15.3 Å². The SMILES string of the molecule is C1=CC2=CN3CCOCC3NN2C=C1. The van der Waals surface area contributed by atoms with Crippen LogP contribution in [0.3, 0.4) is 0 Å². The summed E-state index contributed by atoms with van der Waals surface area (Å²) in [6, 6.07) is 0. The number of nitrogens with zero attached hydrogens (tertiary/aromatic N) is 2. The van der Waals surface area contributed by atoms with E-state index in [0.717, 1.165) is 19.8 Å². The van der Waals surface area contributed by atoms with Gasteiger partial charge in [-0.3, -0.25) is 5.01 Å². The van der Waals surface area contributed by atoms with Gasteiger partial charge in [0.1, 0.15) is 6.17 Å². The lowest BCUT2D eigenvalue weighted by atomic mass is 10.2. The molecule has 0 aliphatic carbocycles. The third-order valence-corrected chi connectivity index (χ3v) is 2.65. The first-order valence-electron chi connectivity index (χ1n) is 4.89. The molecular formula is C10H13N3O. The summed E-state index contributed by atoms with van der Waals surface area (Å²) in [5.74, 6) is 0. The van der Waals surface area contributed by atoms with Crippen LogP contribution in [0.4, 0.5) is 0 Å². The van der Waals surface area contributed by atoms with E-state index in [1.165, 1.54) is 5.70 Å². The Balaban J connectivity index is 1.88. The van der Waals surface area contributed by atoms with E-state index in [1.807, 2.05) is 23.4 Å². The van der Waals surface area contributed by atoms with Gasteiger partial charge in [0.15, 0.2) is 0 Å². The Bertz CT molecular complexity index is 321. The Morgan fingerprint density at radius 2 is 2.43 bits per heavy atom. The fraction of sp³-hybridized carbons (Fsp3) is 0.400. The summed E-state index contributed by atoms with van der Waals surface area (Å²) in [7, 11) is 0. The number of nitrogens with one attached hydrogen (secondary N) is 1. The van der Waals surface area contributed by atoms with Crippen LogP contribution in [0.2, 0.25) is 0 Å². The largest absolute Gasteiger partial charge is 0.376 e. The van der Waals surface area contributed by atoms with Crippen molar-refractivity contribution in [2.75, 3.05) is 19.8 Å². The van der Waals surface area contributed by atoms with Crippen LogP contribution in [0.1, 0.15) is 0 Å². The number of morpholine rings is 1. The van der Waals surface area contributed by atoms with Crippen molar-refractivity contribution in [1.29, 1.82) is 0 Å². The molecule has 74 valence electrons. The summed E-state index contributed by atoms with van der Waals surface area (Å²) < 4.78 is 5.42. The predicted molar refractivity (Wildman–Crippen MR) is 52.7 cm³/mol. The minimum absolute atomic E-state index is 0.281. The van der Waals surface area contributed by atoms with Crippen LogP contribution in [-0.4, -0.2) is 35.8 Å². The highest BCUT2D eigenvalue weighted by molar-refractivity contribution is 5.28. The number of rotatable bonds is 0. The summed E-state index contributed by atoms with van der Waals surface area (Å²) in [4.78, 5) is 2.29. The first-order chi connectivity index (χ1) is 6.93. The van der Waals surface area contributed by atoms with Crippen LogP contribution < -0.4 is 5.43 Å². The van der Waals surface area contributed by atoms with Crippen LogP contribution >= 0.6 is 0 Å². The number of hydrogen-bond donors (Lipinski definition) is 1. The summed E-state index contributed by atoms with van der Waals surface area (Å²) in [6.45, 7) is 2.53. The van der Waals surface area contributed by atoms with Gasteiger partial charge in [0.05, 0.1) is 18.9 Å². The second-order valence-corrected chi connectivity index (χ2v) is 3.58. The maximum atomic E-state index is 5.42. The molecule has 1 unspecified atom stereocenters. The number of hydrazine groups is 1. The van der Waals surface area contributed by atoms with Crippen molar-refractivity contribution >= 4 is 0 Å². The molecule has 3 heterocycles. The van der Waals surface area contributed by atoms with Crippen molar-refractivity contribution in [2.24, 2.45) is 0 Å². The van der Waals surface area contributed by atoms with E-state index in [4.69, 9.17) is 4.74 Å². The van der Waals surface area contributed by atoms with Crippen LogP contribution in [0.5, 0.6) is 0 Å². The quantitative estimate of drug-likeness (QED) is 0.599. The average Bonchev–Trinajstić information content (AvgIpc) is 2.26. The smallest absolute Gasteiger partial charge is 0.120 e. The van der Waals surface area contributed by atoms with Gasteiger partial charge in [-0.05, 0) is 12.2 Å². The highest BCUT2D eigenvalue weighted by atomic mass is 16.5. The second kappa shape index (κ2) is 3.15. The fourth-order valence-corrected chi connectivity index (χ4v) is 1.89. The zero-order chi connectivity index (χ0) is 9.38. The molecule has 14 heavy (non-hydrogen) atoms. The Morgan fingerprint density at radius 3 is 3.43 bits per heavy atom. The Hall–Kier alpha value is -1.26. The third-order valence-electron chi connectivity index (χ3n) is 2.65. The average molecular weight is 191 g/mol. The van der Waals surface area contributed by atoms with E-state index < -0.39 is 0 Å². The van der Waals surface area contributed by atoms with Crippen LogP contribution in [0, 0.1) is 0 Å². The lowest BCUT2D eigenvalue weighted by Gasteiger charge is -2.43. The Labute approximate surface area is 83.1 Å². The third kappa shape index (κ3) is 1.23. The fourth-order valence-electron chi connectivity index (χ4n) is 1.89. The van der Waals surface area contributed by atoms with Gasteiger partial charge in [-0.25, -0.2) is 5.43 Å². The molecule has 3 rings (SSSR count). The summed E-state index contributed by atoms with van der Waals surface area (Å²) >= 11 is 0.